The van der Waals surface area contributed by atoms with Crippen molar-refractivity contribution in [3.8, 4) is 23.3 Å². The third-order valence-corrected chi connectivity index (χ3v) is 5.07. The Kier molecular flexibility index (Phi) is 6.10. The van der Waals surface area contributed by atoms with Crippen LogP contribution in [-0.4, -0.2) is 13.6 Å². The fraction of sp³-hybridized carbons (Fsp3) is 0.200. The molecule has 138 valence electrons. The van der Waals surface area contributed by atoms with Crippen LogP contribution in [0.3, 0.4) is 0 Å². The van der Waals surface area contributed by atoms with Crippen LogP contribution in [0.15, 0.2) is 78.9 Å². The second-order valence-electron chi connectivity index (χ2n) is 7.05. The van der Waals surface area contributed by atoms with Crippen LogP contribution in [0, 0.1) is 35.5 Å². The van der Waals surface area contributed by atoms with Crippen LogP contribution in [0.4, 0.5) is 5.69 Å². The third kappa shape index (κ3) is 4.40. The molecular weight excluding hydrogens is 342 g/mol. The maximum absolute atomic E-state index is 9.52. The number of hydrogen-bond donors (Lipinski definition) is 0. The van der Waals surface area contributed by atoms with E-state index in [0.717, 1.165) is 22.4 Å². The van der Waals surface area contributed by atoms with Crippen LogP contribution in [0.1, 0.15) is 17.0 Å². The predicted molar refractivity (Wildman–Crippen MR) is 114 cm³/mol. The van der Waals surface area contributed by atoms with Gasteiger partial charge in [-0.3, -0.25) is 0 Å². The zero-order chi connectivity index (χ0) is 19.9. The highest BCUT2D eigenvalue weighted by Crippen LogP contribution is 2.29. The lowest BCUT2D eigenvalue weighted by Gasteiger charge is -2.27. The summed E-state index contributed by atoms with van der Waals surface area (Å²) < 4.78 is 0. The Morgan fingerprint density at radius 1 is 0.786 bits per heavy atom. The lowest BCUT2D eigenvalue weighted by atomic mass is 9.86. The lowest BCUT2D eigenvalue weighted by molar-refractivity contribution is 0.604. The molecule has 0 saturated carbocycles. The van der Waals surface area contributed by atoms with Crippen molar-refractivity contribution in [1.82, 2.24) is 0 Å². The van der Waals surface area contributed by atoms with Crippen LogP contribution in [-0.2, 0) is 0 Å². The quantitative estimate of drug-likeness (QED) is 0.576. The first-order chi connectivity index (χ1) is 13.6. The summed E-state index contributed by atoms with van der Waals surface area (Å²) in [6.45, 7) is 2.65. The average Bonchev–Trinajstić information content (AvgIpc) is 2.75. The first-order valence-corrected chi connectivity index (χ1v) is 9.35. The van der Waals surface area contributed by atoms with Crippen LogP contribution in [0.25, 0.3) is 11.1 Å². The molecule has 0 radical (unpaired) electrons. The van der Waals surface area contributed by atoms with Crippen LogP contribution >= 0.6 is 0 Å². The van der Waals surface area contributed by atoms with Crippen molar-refractivity contribution in [2.45, 2.75) is 12.8 Å². The Hall–Kier alpha value is -3.56. The molecule has 0 spiro atoms. The van der Waals surface area contributed by atoms with Crippen molar-refractivity contribution in [2.24, 2.45) is 5.92 Å². The molecule has 0 bridgehead atoms. The number of nitriles is 2. The van der Waals surface area contributed by atoms with E-state index in [2.05, 4.69) is 72.5 Å². The number of aryl methyl sites for hydroxylation is 1. The van der Waals surface area contributed by atoms with Crippen LogP contribution in [0.5, 0.6) is 0 Å². The van der Waals surface area contributed by atoms with Gasteiger partial charge in [-0.05, 0) is 35.7 Å². The molecule has 0 aromatic heterocycles. The summed E-state index contributed by atoms with van der Waals surface area (Å²) in [6, 6.07) is 31.0. The van der Waals surface area contributed by atoms with Crippen molar-refractivity contribution in [1.29, 1.82) is 10.5 Å². The fourth-order valence-electron chi connectivity index (χ4n) is 3.37. The highest BCUT2D eigenvalue weighted by molar-refractivity contribution is 5.63. The maximum atomic E-state index is 9.52. The van der Waals surface area contributed by atoms with E-state index in [1.54, 1.807) is 0 Å². The average molecular weight is 365 g/mol. The SMILES string of the molecule is Cc1ccc(N(C)CC(c2ccc(-c3ccccc3)cc2)C(C#N)C#N)cc1. The van der Waals surface area contributed by atoms with E-state index in [-0.39, 0.29) is 5.92 Å². The summed E-state index contributed by atoms with van der Waals surface area (Å²) in [7, 11) is 2.00. The van der Waals surface area contributed by atoms with E-state index in [0.29, 0.717) is 6.54 Å². The van der Waals surface area contributed by atoms with Crippen molar-refractivity contribution >= 4 is 5.69 Å². The topological polar surface area (TPSA) is 50.8 Å². The molecule has 28 heavy (non-hydrogen) atoms. The standard InChI is InChI=1S/C25H23N3/c1-19-8-14-24(15-9-19)28(2)18-25(23(16-26)17-27)22-12-10-21(11-13-22)20-6-4-3-5-7-20/h3-15,23,25H,18H2,1-2H3. The Labute approximate surface area is 167 Å². The molecule has 0 aliphatic rings. The molecule has 3 aromatic carbocycles. The van der Waals surface area contributed by atoms with Crippen LogP contribution in [0.2, 0.25) is 0 Å². The fourth-order valence-corrected chi connectivity index (χ4v) is 3.37. The second-order valence-corrected chi connectivity index (χ2v) is 7.05. The van der Waals surface area contributed by atoms with Gasteiger partial charge in [0.2, 0.25) is 0 Å². The molecule has 0 fully saturated rings. The van der Waals surface area contributed by atoms with Gasteiger partial charge < -0.3 is 4.90 Å². The zero-order valence-electron chi connectivity index (χ0n) is 16.2. The molecule has 0 aliphatic heterocycles. The van der Waals surface area contributed by atoms with Gasteiger partial charge in [0.05, 0.1) is 12.1 Å². The maximum Gasteiger partial charge on any atom is 0.141 e. The molecule has 0 heterocycles. The van der Waals surface area contributed by atoms with E-state index in [4.69, 9.17) is 0 Å². The summed E-state index contributed by atoms with van der Waals surface area (Å²) in [4.78, 5) is 2.11. The van der Waals surface area contributed by atoms with Gasteiger partial charge in [0.1, 0.15) is 5.92 Å². The largest absolute Gasteiger partial charge is 0.374 e. The van der Waals surface area contributed by atoms with Crippen molar-refractivity contribution in [3.63, 3.8) is 0 Å². The third-order valence-electron chi connectivity index (χ3n) is 5.07. The molecule has 0 saturated heterocycles. The van der Waals surface area contributed by atoms with Crippen molar-refractivity contribution in [2.75, 3.05) is 18.5 Å². The molecule has 3 aromatic rings. The predicted octanol–water partition coefficient (Wildman–Crippen LogP) is 5.55. The van der Waals surface area contributed by atoms with Gasteiger partial charge in [0.25, 0.3) is 0 Å². The number of anilines is 1. The van der Waals surface area contributed by atoms with Gasteiger partial charge >= 0.3 is 0 Å². The molecule has 3 rings (SSSR count). The minimum absolute atomic E-state index is 0.189. The summed E-state index contributed by atoms with van der Waals surface area (Å²) in [5.41, 5.74) is 5.56. The van der Waals surface area contributed by atoms with Gasteiger partial charge in [-0.2, -0.15) is 10.5 Å². The number of rotatable bonds is 6. The van der Waals surface area contributed by atoms with Crippen molar-refractivity contribution < 1.29 is 0 Å². The number of nitrogens with zero attached hydrogens (tertiary/aromatic N) is 3. The highest BCUT2D eigenvalue weighted by Gasteiger charge is 2.25. The Balaban J connectivity index is 1.87. The van der Waals surface area contributed by atoms with Crippen molar-refractivity contribution in [3.05, 3.63) is 90.0 Å². The van der Waals surface area contributed by atoms with E-state index in [1.165, 1.54) is 5.56 Å². The smallest absolute Gasteiger partial charge is 0.141 e. The molecule has 3 heteroatoms. The normalized spacial score (nSPS) is 11.5. The van der Waals surface area contributed by atoms with Crippen LogP contribution < -0.4 is 4.90 Å². The lowest BCUT2D eigenvalue weighted by Crippen LogP contribution is -2.28. The minimum atomic E-state index is -0.699. The number of benzene rings is 3. The Morgan fingerprint density at radius 3 is 1.93 bits per heavy atom. The minimum Gasteiger partial charge on any atom is -0.374 e. The monoisotopic (exact) mass is 365 g/mol. The van der Waals surface area contributed by atoms with Gasteiger partial charge in [0, 0.05) is 25.2 Å². The van der Waals surface area contributed by atoms with Gasteiger partial charge in [-0.1, -0.05) is 72.3 Å². The van der Waals surface area contributed by atoms with Gasteiger partial charge in [0.15, 0.2) is 0 Å². The first-order valence-electron chi connectivity index (χ1n) is 9.35. The van der Waals surface area contributed by atoms with E-state index in [9.17, 15) is 10.5 Å². The molecule has 0 aliphatic carbocycles. The molecule has 1 atom stereocenters. The zero-order valence-corrected chi connectivity index (χ0v) is 16.2. The summed E-state index contributed by atoms with van der Waals surface area (Å²) in [6.07, 6.45) is 0. The van der Waals surface area contributed by atoms with E-state index < -0.39 is 5.92 Å². The summed E-state index contributed by atoms with van der Waals surface area (Å²) in [5.74, 6) is -0.887. The summed E-state index contributed by atoms with van der Waals surface area (Å²) >= 11 is 0. The number of hydrogen-bond acceptors (Lipinski definition) is 3. The number of likely N-dealkylation sites (N-methyl/N-ethyl adjacent to an activating group) is 1. The van der Waals surface area contributed by atoms with E-state index >= 15 is 0 Å². The molecule has 3 nitrogen and oxygen atoms in total. The molecule has 0 N–H and O–H groups in total. The molecule has 0 amide bonds. The summed E-state index contributed by atoms with van der Waals surface area (Å²) in [5, 5.41) is 19.0. The Morgan fingerprint density at radius 2 is 1.36 bits per heavy atom. The molecule has 1 unspecified atom stereocenters. The molecular formula is C25H23N3. The highest BCUT2D eigenvalue weighted by atomic mass is 15.1. The van der Waals surface area contributed by atoms with E-state index in [1.807, 2.05) is 37.4 Å². The first kappa shape index (κ1) is 19.2. The Bertz CT molecular complexity index is 963. The van der Waals surface area contributed by atoms with Gasteiger partial charge in [-0.25, -0.2) is 0 Å². The van der Waals surface area contributed by atoms with Gasteiger partial charge in [-0.15, -0.1) is 0 Å². The second kappa shape index (κ2) is 8.89.